The van der Waals surface area contributed by atoms with Crippen molar-refractivity contribution in [2.24, 2.45) is 0 Å². The van der Waals surface area contributed by atoms with Crippen molar-refractivity contribution in [1.29, 1.82) is 0 Å². The molecule has 1 saturated heterocycles. The highest BCUT2D eigenvalue weighted by atomic mass is 32.2. The molecule has 6 nitrogen and oxygen atoms in total. The molecule has 21 heavy (non-hydrogen) atoms. The van der Waals surface area contributed by atoms with Crippen molar-refractivity contribution in [3.8, 4) is 0 Å². The lowest BCUT2D eigenvalue weighted by atomic mass is 10.1. The van der Waals surface area contributed by atoms with Gasteiger partial charge in [-0.3, -0.25) is 0 Å². The number of aliphatic hydroxyl groups excluding tert-OH is 1. The first-order chi connectivity index (χ1) is 10.1. The SMILES string of the molecule is O=S(=O)(c1cccc2nsnc12)N1CCCC1CCCO. The van der Waals surface area contributed by atoms with E-state index in [-0.39, 0.29) is 17.5 Å². The molecular weight excluding hydrogens is 310 g/mol. The summed E-state index contributed by atoms with van der Waals surface area (Å²) in [7, 11) is -3.56. The molecule has 3 rings (SSSR count). The molecule has 0 amide bonds. The van der Waals surface area contributed by atoms with Gasteiger partial charge < -0.3 is 5.11 Å². The largest absolute Gasteiger partial charge is 0.396 e. The van der Waals surface area contributed by atoms with E-state index < -0.39 is 10.0 Å². The predicted molar refractivity (Wildman–Crippen MR) is 80.6 cm³/mol. The molecular formula is C13H17N3O3S2. The fourth-order valence-corrected chi connectivity index (χ4v) is 5.33. The zero-order valence-electron chi connectivity index (χ0n) is 11.5. The zero-order valence-corrected chi connectivity index (χ0v) is 13.1. The van der Waals surface area contributed by atoms with E-state index in [0.29, 0.717) is 30.4 Å². The first-order valence-electron chi connectivity index (χ1n) is 6.98. The van der Waals surface area contributed by atoms with E-state index in [1.54, 1.807) is 22.5 Å². The monoisotopic (exact) mass is 327 g/mol. The molecule has 8 heteroatoms. The molecule has 0 bridgehead atoms. The highest BCUT2D eigenvalue weighted by Crippen LogP contribution is 2.31. The molecule has 1 atom stereocenters. The van der Waals surface area contributed by atoms with Gasteiger partial charge in [-0.1, -0.05) is 6.07 Å². The van der Waals surface area contributed by atoms with Gasteiger partial charge in [0.05, 0.1) is 11.7 Å². The predicted octanol–water partition coefficient (Wildman–Crippen LogP) is 1.62. The van der Waals surface area contributed by atoms with Crippen LogP contribution in [0.25, 0.3) is 11.0 Å². The number of fused-ring (bicyclic) bond motifs is 1. The number of aromatic nitrogens is 2. The second-order valence-electron chi connectivity index (χ2n) is 5.17. The minimum atomic E-state index is -3.56. The van der Waals surface area contributed by atoms with Crippen LogP contribution in [0.3, 0.4) is 0 Å². The minimum Gasteiger partial charge on any atom is -0.396 e. The Labute approximate surface area is 127 Å². The van der Waals surface area contributed by atoms with Crippen LogP contribution in [0.4, 0.5) is 0 Å². The maximum atomic E-state index is 12.9. The summed E-state index contributed by atoms with van der Waals surface area (Å²) in [5.41, 5.74) is 1.07. The quantitative estimate of drug-likeness (QED) is 0.902. The van der Waals surface area contributed by atoms with Crippen molar-refractivity contribution >= 4 is 32.8 Å². The Morgan fingerprint density at radius 2 is 2.24 bits per heavy atom. The number of benzene rings is 1. The van der Waals surface area contributed by atoms with Crippen molar-refractivity contribution < 1.29 is 13.5 Å². The van der Waals surface area contributed by atoms with E-state index in [9.17, 15) is 8.42 Å². The van der Waals surface area contributed by atoms with Crippen molar-refractivity contribution in [3.05, 3.63) is 18.2 Å². The molecule has 114 valence electrons. The third kappa shape index (κ3) is 2.68. The van der Waals surface area contributed by atoms with Gasteiger partial charge in [-0.2, -0.15) is 13.1 Å². The zero-order chi connectivity index (χ0) is 14.9. The summed E-state index contributed by atoms with van der Waals surface area (Å²) in [6.45, 7) is 0.627. The first kappa shape index (κ1) is 14.8. The Morgan fingerprint density at radius 1 is 1.38 bits per heavy atom. The second-order valence-corrected chi connectivity index (χ2v) is 7.55. The fourth-order valence-electron chi connectivity index (χ4n) is 2.86. The van der Waals surface area contributed by atoms with Crippen LogP contribution in [-0.4, -0.2) is 45.8 Å². The van der Waals surface area contributed by atoms with Crippen LogP contribution in [0.2, 0.25) is 0 Å². The van der Waals surface area contributed by atoms with Crippen LogP contribution in [0.1, 0.15) is 25.7 Å². The minimum absolute atomic E-state index is 0.0241. The second kappa shape index (κ2) is 5.96. The van der Waals surface area contributed by atoms with Crippen LogP contribution >= 0.6 is 11.7 Å². The lowest BCUT2D eigenvalue weighted by molar-refractivity contribution is 0.264. The summed E-state index contributed by atoms with van der Waals surface area (Å²) in [5.74, 6) is 0. The van der Waals surface area contributed by atoms with E-state index in [2.05, 4.69) is 8.75 Å². The van der Waals surface area contributed by atoms with Crippen molar-refractivity contribution in [2.45, 2.75) is 36.6 Å². The number of rotatable bonds is 5. The number of hydrogen-bond acceptors (Lipinski definition) is 6. The topological polar surface area (TPSA) is 83.4 Å². The van der Waals surface area contributed by atoms with Crippen LogP contribution in [-0.2, 0) is 10.0 Å². The van der Waals surface area contributed by atoms with Gasteiger partial charge in [-0.25, -0.2) is 8.42 Å². The fraction of sp³-hybridized carbons (Fsp3) is 0.538. The maximum Gasteiger partial charge on any atom is 0.245 e. The number of hydrogen-bond donors (Lipinski definition) is 1. The average molecular weight is 327 g/mol. The van der Waals surface area contributed by atoms with Gasteiger partial charge in [-0.15, -0.1) is 0 Å². The van der Waals surface area contributed by atoms with Gasteiger partial charge in [0.1, 0.15) is 15.9 Å². The number of sulfonamides is 1. The molecule has 2 aromatic rings. The van der Waals surface area contributed by atoms with E-state index >= 15 is 0 Å². The Bertz CT molecular complexity index is 729. The third-order valence-corrected chi connectivity index (χ3v) is 6.38. The highest BCUT2D eigenvalue weighted by molar-refractivity contribution is 7.89. The van der Waals surface area contributed by atoms with Gasteiger partial charge in [0.15, 0.2) is 0 Å². The molecule has 0 spiro atoms. The Kier molecular flexibility index (Phi) is 4.21. The Balaban J connectivity index is 1.98. The summed E-state index contributed by atoms with van der Waals surface area (Å²) >= 11 is 1.02. The molecule has 0 aliphatic carbocycles. The van der Waals surface area contributed by atoms with Crippen molar-refractivity contribution in [2.75, 3.05) is 13.2 Å². The molecule has 1 unspecified atom stereocenters. The van der Waals surface area contributed by atoms with Gasteiger partial charge in [-0.05, 0) is 37.8 Å². The summed E-state index contributed by atoms with van der Waals surface area (Å²) in [5, 5.41) is 8.96. The number of aliphatic hydroxyl groups is 1. The lowest BCUT2D eigenvalue weighted by Crippen LogP contribution is -2.35. The maximum absolute atomic E-state index is 12.9. The first-order valence-corrected chi connectivity index (χ1v) is 9.15. The molecule has 1 aromatic carbocycles. The molecule has 1 N–H and O–H groups in total. The molecule has 2 heterocycles. The molecule has 1 aromatic heterocycles. The summed E-state index contributed by atoms with van der Waals surface area (Å²) in [6, 6.07) is 5.05. The molecule has 1 aliphatic heterocycles. The summed E-state index contributed by atoms with van der Waals surface area (Å²) in [6.07, 6.45) is 3.03. The molecule has 1 fully saturated rings. The van der Waals surface area contributed by atoms with Gasteiger partial charge in [0.2, 0.25) is 10.0 Å². The van der Waals surface area contributed by atoms with Crippen LogP contribution in [0.5, 0.6) is 0 Å². The summed E-state index contributed by atoms with van der Waals surface area (Å²) < 4.78 is 35.6. The third-order valence-electron chi connectivity index (χ3n) is 3.85. The van der Waals surface area contributed by atoms with E-state index in [1.165, 1.54) is 0 Å². The van der Waals surface area contributed by atoms with E-state index in [0.717, 1.165) is 24.6 Å². The molecule has 0 radical (unpaired) electrons. The Hall–Kier alpha value is -1.09. The summed E-state index contributed by atoms with van der Waals surface area (Å²) in [4.78, 5) is 0.240. The molecule has 1 aliphatic rings. The number of nitrogens with zero attached hydrogens (tertiary/aromatic N) is 3. The molecule has 0 saturated carbocycles. The van der Waals surface area contributed by atoms with Gasteiger partial charge in [0.25, 0.3) is 0 Å². The van der Waals surface area contributed by atoms with Gasteiger partial charge in [0, 0.05) is 19.2 Å². The van der Waals surface area contributed by atoms with Crippen molar-refractivity contribution in [3.63, 3.8) is 0 Å². The lowest BCUT2D eigenvalue weighted by Gasteiger charge is -2.24. The van der Waals surface area contributed by atoms with Crippen LogP contribution < -0.4 is 0 Å². The van der Waals surface area contributed by atoms with E-state index in [1.807, 2.05) is 0 Å². The van der Waals surface area contributed by atoms with Crippen LogP contribution in [0, 0.1) is 0 Å². The normalized spacial score (nSPS) is 20.3. The van der Waals surface area contributed by atoms with Gasteiger partial charge >= 0.3 is 0 Å². The Morgan fingerprint density at radius 3 is 3.05 bits per heavy atom. The van der Waals surface area contributed by atoms with E-state index in [4.69, 9.17) is 5.11 Å². The smallest absolute Gasteiger partial charge is 0.245 e. The van der Waals surface area contributed by atoms with Crippen molar-refractivity contribution in [1.82, 2.24) is 13.1 Å². The standard InChI is InChI=1S/C13H17N3O3S2/c17-9-3-5-10-4-2-8-16(10)21(18,19)12-7-1-6-11-13(12)15-20-14-11/h1,6-7,10,17H,2-5,8-9H2. The highest BCUT2D eigenvalue weighted by Gasteiger charge is 2.36. The van der Waals surface area contributed by atoms with Crippen LogP contribution in [0.15, 0.2) is 23.1 Å². The average Bonchev–Trinajstić information content (AvgIpc) is 3.13.